The minimum absolute atomic E-state index is 0.155. The largest absolute Gasteiger partial charge is 0.327 e. The molecule has 1 aromatic heterocycles. The molecule has 2 unspecified atom stereocenters. The number of imidazole rings is 1. The predicted octanol–water partition coefficient (Wildman–Crippen LogP) is 4.25. The summed E-state index contributed by atoms with van der Waals surface area (Å²) in [6.45, 7) is 2.07. The highest BCUT2D eigenvalue weighted by molar-refractivity contribution is 7.90. The van der Waals surface area contributed by atoms with Crippen LogP contribution in [0.5, 0.6) is 0 Å². The predicted molar refractivity (Wildman–Crippen MR) is 136 cm³/mol. The molecular formula is C27H33FN4O2S. The first-order valence-corrected chi connectivity index (χ1v) is 14.6. The van der Waals surface area contributed by atoms with Crippen LogP contribution in [-0.2, 0) is 16.9 Å². The van der Waals surface area contributed by atoms with Crippen LogP contribution in [0.2, 0.25) is 0 Å². The van der Waals surface area contributed by atoms with Crippen molar-refractivity contribution in [1.82, 2.24) is 19.8 Å². The Balaban J connectivity index is 1.22. The van der Waals surface area contributed by atoms with Crippen LogP contribution in [0, 0.1) is 5.82 Å². The van der Waals surface area contributed by atoms with E-state index in [1.165, 1.54) is 31.9 Å². The van der Waals surface area contributed by atoms with Crippen molar-refractivity contribution in [3.63, 3.8) is 0 Å². The molecule has 3 aromatic rings. The Bertz CT molecular complexity index is 1350. The third-order valence-corrected chi connectivity index (χ3v) is 9.60. The second-order valence-electron chi connectivity index (χ2n) is 10.7. The van der Waals surface area contributed by atoms with Crippen molar-refractivity contribution >= 4 is 20.9 Å². The van der Waals surface area contributed by atoms with Gasteiger partial charge in [0.1, 0.15) is 11.6 Å². The first-order valence-electron chi connectivity index (χ1n) is 12.7. The zero-order valence-corrected chi connectivity index (χ0v) is 21.2. The fourth-order valence-electron chi connectivity index (χ4n) is 6.55. The first kappa shape index (κ1) is 23.1. The lowest BCUT2D eigenvalue weighted by atomic mass is 9.87. The van der Waals surface area contributed by atoms with Gasteiger partial charge >= 0.3 is 0 Å². The van der Waals surface area contributed by atoms with E-state index in [9.17, 15) is 8.42 Å². The summed E-state index contributed by atoms with van der Waals surface area (Å²) in [4.78, 5) is 7.74. The van der Waals surface area contributed by atoms with Crippen LogP contribution in [-0.4, -0.2) is 60.3 Å². The Morgan fingerprint density at radius 2 is 1.66 bits per heavy atom. The van der Waals surface area contributed by atoms with Gasteiger partial charge < -0.3 is 14.8 Å². The summed E-state index contributed by atoms with van der Waals surface area (Å²) in [6, 6.07) is 12.3. The molecule has 0 saturated carbocycles. The molecule has 0 spiro atoms. The lowest BCUT2D eigenvalue weighted by molar-refractivity contribution is 0.110. The number of aromatic nitrogens is 2. The minimum atomic E-state index is -3.26. The first-order chi connectivity index (χ1) is 16.8. The summed E-state index contributed by atoms with van der Waals surface area (Å²) in [6.07, 6.45) is 8.30. The molecule has 35 heavy (non-hydrogen) atoms. The fourth-order valence-corrected chi connectivity index (χ4v) is 7.18. The maximum absolute atomic E-state index is 15.3. The summed E-state index contributed by atoms with van der Waals surface area (Å²) in [5, 5.41) is 3.73. The second-order valence-corrected chi connectivity index (χ2v) is 12.7. The number of fused-ring (bicyclic) bond motifs is 3. The highest BCUT2D eigenvalue weighted by atomic mass is 32.2. The molecule has 6 nitrogen and oxygen atoms in total. The van der Waals surface area contributed by atoms with Gasteiger partial charge in [-0.15, -0.1) is 0 Å². The monoisotopic (exact) mass is 496 g/mol. The number of aryl methyl sites for hydroxylation is 1. The van der Waals surface area contributed by atoms with Crippen molar-refractivity contribution < 1.29 is 12.8 Å². The van der Waals surface area contributed by atoms with Gasteiger partial charge in [-0.1, -0.05) is 0 Å². The number of halogens is 1. The van der Waals surface area contributed by atoms with E-state index in [0.29, 0.717) is 23.9 Å². The van der Waals surface area contributed by atoms with E-state index >= 15 is 4.39 Å². The lowest BCUT2D eigenvalue weighted by Crippen LogP contribution is -2.50. The summed E-state index contributed by atoms with van der Waals surface area (Å²) in [7, 11) is -1.38. The van der Waals surface area contributed by atoms with Gasteiger partial charge in [0.15, 0.2) is 9.84 Å². The molecule has 4 heterocycles. The van der Waals surface area contributed by atoms with E-state index in [1.54, 1.807) is 30.3 Å². The molecule has 2 bridgehead atoms. The van der Waals surface area contributed by atoms with E-state index in [2.05, 4.69) is 10.2 Å². The van der Waals surface area contributed by atoms with Crippen LogP contribution in [0.4, 0.5) is 4.39 Å². The Hall–Kier alpha value is -2.29. The number of nitrogens with one attached hydrogen (secondary N) is 1. The van der Waals surface area contributed by atoms with Crippen LogP contribution in [0.15, 0.2) is 41.3 Å². The van der Waals surface area contributed by atoms with E-state index in [-0.39, 0.29) is 16.6 Å². The van der Waals surface area contributed by atoms with Crippen molar-refractivity contribution in [2.75, 3.05) is 19.3 Å². The van der Waals surface area contributed by atoms with Crippen LogP contribution in [0.25, 0.3) is 22.4 Å². The molecule has 0 radical (unpaired) electrons. The summed E-state index contributed by atoms with van der Waals surface area (Å²) >= 11 is 0. The Morgan fingerprint density at radius 3 is 2.29 bits per heavy atom. The Morgan fingerprint density at radius 1 is 1.00 bits per heavy atom. The van der Waals surface area contributed by atoms with E-state index < -0.39 is 9.84 Å². The van der Waals surface area contributed by atoms with Crippen molar-refractivity contribution in [2.45, 2.75) is 67.5 Å². The van der Waals surface area contributed by atoms with Gasteiger partial charge in [-0.3, -0.25) is 0 Å². The number of piperidine rings is 2. The van der Waals surface area contributed by atoms with Gasteiger partial charge in [-0.05, 0) is 93.4 Å². The molecule has 2 atom stereocenters. The van der Waals surface area contributed by atoms with Gasteiger partial charge in [0.2, 0.25) is 0 Å². The molecule has 6 rings (SSSR count). The number of hydrogen-bond donors (Lipinski definition) is 1. The van der Waals surface area contributed by atoms with Crippen LogP contribution in [0.3, 0.4) is 0 Å². The van der Waals surface area contributed by atoms with Gasteiger partial charge in [-0.25, -0.2) is 17.8 Å². The quantitative estimate of drug-likeness (QED) is 0.585. The Kier molecular flexibility index (Phi) is 5.73. The minimum Gasteiger partial charge on any atom is -0.327 e. The topological polar surface area (TPSA) is 67.2 Å². The van der Waals surface area contributed by atoms with Crippen LogP contribution < -0.4 is 5.32 Å². The van der Waals surface area contributed by atoms with Gasteiger partial charge in [0, 0.05) is 43.1 Å². The molecule has 2 aromatic carbocycles. The third kappa shape index (κ3) is 4.30. The molecule has 0 amide bonds. The van der Waals surface area contributed by atoms with Gasteiger partial charge in [0.25, 0.3) is 0 Å². The molecule has 3 aliphatic rings. The second kappa shape index (κ2) is 8.68. The zero-order valence-electron chi connectivity index (χ0n) is 20.4. The molecule has 1 N–H and O–H groups in total. The number of nitrogens with zero attached hydrogens (tertiary/aromatic N) is 3. The third-order valence-electron chi connectivity index (χ3n) is 8.47. The summed E-state index contributed by atoms with van der Waals surface area (Å²) in [5.74, 6) is 0.762. The molecule has 8 heteroatoms. The fraction of sp³-hybridized carbons (Fsp3) is 0.519. The van der Waals surface area contributed by atoms with Gasteiger partial charge in [0.05, 0.1) is 15.9 Å². The number of sulfone groups is 1. The number of hydrogen-bond acceptors (Lipinski definition) is 5. The van der Waals surface area contributed by atoms with E-state index in [1.807, 2.05) is 17.7 Å². The van der Waals surface area contributed by atoms with Gasteiger partial charge in [-0.2, -0.15) is 0 Å². The Labute approximate surface area is 206 Å². The van der Waals surface area contributed by atoms with Crippen molar-refractivity contribution in [1.29, 1.82) is 0 Å². The normalized spacial score (nSPS) is 26.0. The lowest BCUT2D eigenvalue weighted by Gasteiger charge is -2.41. The van der Waals surface area contributed by atoms with E-state index in [4.69, 9.17) is 4.98 Å². The van der Waals surface area contributed by atoms with E-state index in [0.717, 1.165) is 48.1 Å². The number of rotatable bonds is 4. The molecule has 3 aliphatic heterocycles. The van der Waals surface area contributed by atoms with Crippen LogP contribution >= 0.6 is 0 Å². The summed E-state index contributed by atoms with van der Waals surface area (Å²) in [5.41, 5.74) is 3.11. The van der Waals surface area contributed by atoms with Crippen molar-refractivity contribution in [3.05, 3.63) is 47.8 Å². The maximum atomic E-state index is 15.3. The molecule has 3 fully saturated rings. The average molecular weight is 497 g/mol. The average Bonchev–Trinajstić information content (AvgIpc) is 3.35. The molecule has 0 aliphatic carbocycles. The number of benzene rings is 2. The standard InChI is InChI=1S/C27H33FN4O2S/c1-31-26-16-24(28)23(15-25(26)30-27(31)18-3-7-22(8-4-18)35(2,33)34)17-9-11-32(12-10-17)21-13-19-5-6-20(14-21)29-19/h3-4,7-8,15-17,19-21,29H,5-6,9-14H2,1-2H3. The smallest absolute Gasteiger partial charge is 0.175 e. The SMILES string of the molecule is Cn1c(-c2ccc(S(C)(=O)=O)cc2)nc2cc(C3CCN(C4CC5CCC(C4)N5)CC3)c(F)cc21. The molecule has 186 valence electrons. The van der Waals surface area contributed by atoms with Crippen molar-refractivity contribution in [3.8, 4) is 11.4 Å². The number of likely N-dealkylation sites (tertiary alicyclic amines) is 1. The maximum Gasteiger partial charge on any atom is 0.175 e. The summed E-state index contributed by atoms with van der Waals surface area (Å²) < 4.78 is 40.8. The molecule has 3 saturated heterocycles. The van der Waals surface area contributed by atoms with Crippen molar-refractivity contribution in [2.24, 2.45) is 7.05 Å². The molecular weight excluding hydrogens is 463 g/mol. The van der Waals surface area contributed by atoms with Crippen LogP contribution in [0.1, 0.15) is 50.0 Å². The highest BCUT2D eigenvalue weighted by Crippen LogP contribution is 2.37. The zero-order chi connectivity index (χ0) is 24.3. The highest BCUT2D eigenvalue weighted by Gasteiger charge is 2.37.